The molecule has 1 aromatic rings. The van der Waals surface area contributed by atoms with Crippen LogP contribution < -0.4 is 0 Å². The van der Waals surface area contributed by atoms with E-state index in [4.69, 9.17) is 0 Å². The van der Waals surface area contributed by atoms with Crippen molar-refractivity contribution in [3.05, 3.63) is 28.7 Å². The van der Waals surface area contributed by atoms with Gasteiger partial charge in [-0.15, -0.1) is 11.8 Å². The van der Waals surface area contributed by atoms with Crippen LogP contribution in [0.25, 0.3) is 0 Å². The van der Waals surface area contributed by atoms with Crippen LogP contribution in [0.5, 0.6) is 0 Å². The van der Waals surface area contributed by atoms with E-state index in [1.54, 1.807) is 11.8 Å². The Labute approximate surface area is 110 Å². The van der Waals surface area contributed by atoms with Crippen molar-refractivity contribution in [3.8, 4) is 6.07 Å². The molecule has 0 spiro atoms. The van der Waals surface area contributed by atoms with Crippen molar-refractivity contribution in [3.63, 3.8) is 0 Å². The first-order valence-corrected chi connectivity index (χ1v) is 7.17. The number of thioether (sulfide) groups is 1. The molecular weight excluding hydrogens is 282 g/mol. The van der Waals surface area contributed by atoms with Crippen molar-refractivity contribution in [2.24, 2.45) is 5.92 Å². The van der Waals surface area contributed by atoms with Gasteiger partial charge in [-0.3, -0.25) is 0 Å². The largest absolute Gasteiger partial charge is 0.197 e. The third-order valence-corrected chi connectivity index (χ3v) is 4.87. The maximum absolute atomic E-state index is 9.19. The lowest BCUT2D eigenvalue weighted by atomic mass is 10.0. The number of hydrogen-bond acceptors (Lipinski definition) is 2. The SMILES string of the molecule is CCCC(C)C(C#N)Sc1ccccc1Br. The van der Waals surface area contributed by atoms with E-state index in [0.717, 1.165) is 22.2 Å². The summed E-state index contributed by atoms with van der Waals surface area (Å²) >= 11 is 5.17. The average Bonchev–Trinajstić information content (AvgIpc) is 2.28. The van der Waals surface area contributed by atoms with E-state index in [1.807, 2.05) is 18.2 Å². The molecular formula is C13H16BrNS. The van der Waals surface area contributed by atoms with Crippen LogP contribution in [0.15, 0.2) is 33.6 Å². The zero-order valence-electron chi connectivity index (χ0n) is 9.61. The number of nitrogens with zero attached hydrogens (tertiary/aromatic N) is 1. The molecule has 0 N–H and O–H groups in total. The molecule has 0 heterocycles. The summed E-state index contributed by atoms with van der Waals surface area (Å²) in [7, 11) is 0. The third kappa shape index (κ3) is 3.84. The summed E-state index contributed by atoms with van der Waals surface area (Å²) in [5.41, 5.74) is 0. The molecule has 0 saturated carbocycles. The smallest absolute Gasteiger partial charge is 0.0989 e. The third-order valence-electron chi connectivity index (χ3n) is 2.48. The summed E-state index contributed by atoms with van der Waals surface area (Å²) in [5.74, 6) is 0.437. The molecule has 0 radical (unpaired) electrons. The van der Waals surface area contributed by atoms with Gasteiger partial charge in [0, 0.05) is 9.37 Å². The molecule has 0 aliphatic carbocycles. The molecule has 0 amide bonds. The van der Waals surface area contributed by atoms with E-state index in [-0.39, 0.29) is 5.25 Å². The van der Waals surface area contributed by atoms with Gasteiger partial charge < -0.3 is 0 Å². The Morgan fingerprint density at radius 3 is 2.69 bits per heavy atom. The predicted molar refractivity (Wildman–Crippen MR) is 73.5 cm³/mol. The zero-order valence-corrected chi connectivity index (χ0v) is 12.0. The highest BCUT2D eigenvalue weighted by molar-refractivity contribution is 9.10. The molecule has 16 heavy (non-hydrogen) atoms. The molecule has 2 atom stereocenters. The van der Waals surface area contributed by atoms with Crippen LogP contribution in [0.1, 0.15) is 26.7 Å². The van der Waals surface area contributed by atoms with Crippen LogP contribution >= 0.6 is 27.7 Å². The first kappa shape index (κ1) is 13.6. The van der Waals surface area contributed by atoms with Gasteiger partial charge in [-0.1, -0.05) is 32.4 Å². The number of halogens is 1. The summed E-state index contributed by atoms with van der Waals surface area (Å²) in [5, 5.41) is 9.23. The summed E-state index contributed by atoms with van der Waals surface area (Å²) in [4.78, 5) is 1.15. The minimum absolute atomic E-state index is 0.0404. The maximum Gasteiger partial charge on any atom is 0.0989 e. The zero-order chi connectivity index (χ0) is 12.0. The molecule has 1 aromatic carbocycles. The van der Waals surface area contributed by atoms with Gasteiger partial charge >= 0.3 is 0 Å². The molecule has 0 bridgehead atoms. The molecule has 2 unspecified atom stereocenters. The second-order valence-electron chi connectivity index (χ2n) is 3.86. The average molecular weight is 298 g/mol. The number of benzene rings is 1. The molecule has 1 nitrogen and oxygen atoms in total. The number of nitriles is 1. The topological polar surface area (TPSA) is 23.8 Å². The van der Waals surface area contributed by atoms with Crippen LogP contribution in [0.2, 0.25) is 0 Å². The number of hydrogen-bond donors (Lipinski definition) is 0. The molecule has 0 aliphatic rings. The molecule has 0 saturated heterocycles. The van der Waals surface area contributed by atoms with Crippen LogP contribution in [0.3, 0.4) is 0 Å². The predicted octanol–water partition coefficient (Wildman–Crippen LogP) is 4.87. The van der Waals surface area contributed by atoms with Gasteiger partial charge in [0.1, 0.15) is 0 Å². The molecule has 1 rings (SSSR count). The first-order valence-electron chi connectivity index (χ1n) is 5.49. The normalized spacial score (nSPS) is 14.1. The Kier molecular flexibility index (Phi) is 5.94. The standard InChI is InChI=1S/C13H16BrNS/c1-3-6-10(2)13(9-15)16-12-8-5-4-7-11(12)14/h4-5,7-8,10,13H,3,6H2,1-2H3. The molecule has 3 heteroatoms. The quantitative estimate of drug-likeness (QED) is 0.724. The molecule has 0 aromatic heterocycles. The second kappa shape index (κ2) is 6.98. The minimum atomic E-state index is 0.0404. The molecule has 86 valence electrons. The first-order chi connectivity index (χ1) is 7.69. The summed E-state index contributed by atoms with van der Waals surface area (Å²) in [6.45, 7) is 4.31. The Bertz CT molecular complexity index is 372. The van der Waals surface area contributed by atoms with E-state index in [9.17, 15) is 5.26 Å². The lowest BCUT2D eigenvalue weighted by molar-refractivity contribution is 0.546. The van der Waals surface area contributed by atoms with Crippen molar-refractivity contribution < 1.29 is 0 Å². The van der Waals surface area contributed by atoms with Crippen molar-refractivity contribution in [1.82, 2.24) is 0 Å². The van der Waals surface area contributed by atoms with Crippen molar-refractivity contribution in [2.75, 3.05) is 0 Å². The van der Waals surface area contributed by atoms with Gasteiger partial charge in [0.15, 0.2) is 0 Å². The minimum Gasteiger partial charge on any atom is -0.197 e. The molecule has 0 fully saturated rings. The van der Waals surface area contributed by atoms with Gasteiger partial charge in [-0.25, -0.2) is 0 Å². The second-order valence-corrected chi connectivity index (χ2v) is 5.90. The van der Waals surface area contributed by atoms with Gasteiger partial charge in [0.05, 0.1) is 11.3 Å². The monoisotopic (exact) mass is 297 g/mol. The Morgan fingerprint density at radius 2 is 2.12 bits per heavy atom. The fourth-order valence-corrected chi connectivity index (χ4v) is 3.15. The highest BCUT2D eigenvalue weighted by atomic mass is 79.9. The maximum atomic E-state index is 9.19. The van der Waals surface area contributed by atoms with Crippen LogP contribution in [-0.2, 0) is 0 Å². The Hall–Kier alpha value is -0.460. The van der Waals surface area contributed by atoms with E-state index in [0.29, 0.717) is 5.92 Å². The fraction of sp³-hybridized carbons (Fsp3) is 0.462. The summed E-state index contributed by atoms with van der Waals surface area (Å²) in [6, 6.07) is 10.5. The van der Waals surface area contributed by atoms with Crippen molar-refractivity contribution in [1.29, 1.82) is 5.26 Å². The lowest BCUT2D eigenvalue weighted by Gasteiger charge is -2.16. The lowest BCUT2D eigenvalue weighted by Crippen LogP contribution is -2.11. The Balaban J connectivity index is 2.71. The summed E-state index contributed by atoms with van der Waals surface area (Å²) < 4.78 is 1.07. The van der Waals surface area contributed by atoms with Crippen LogP contribution in [0, 0.1) is 17.2 Å². The van der Waals surface area contributed by atoms with Crippen LogP contribution in [-0.4, -0.2) is 5.25 Å². The Morgan fingerprint density at radius 1 is 1.44 bits per heavy atom. The van der Waals surface area contributed by atoms with E-state index in [2.05, 4.69) is 41.9 Å². The van der Waals surface area contributed by atoms with Gasteiger partial charge in [-0.05, 0) is 40.4 Å². The van der Waals surface area contributed by atoms with E-state index < -0.39 is 0 Å². The van der Waals surface area contributed by atoms with Gasteiger partial charge in [0.25, 0.3) is 0 Å². The van der Waals surface area contributed by atoms with E-state index in [1.165, 1.54) is 0 Å². The van der Waals surface area contributed by atoms with Gasteiger partial charge in [-0.2, -0.15) is 5.26 Å². The van der Waals surface area contributed by atoms with Crippen LogP contribution in [0.4, 0.5) is 0 Å². The van der Waals surface area contributed by atoms with Crippen molar-refractivity contribution >= 4 is 27.7 Å². The van der Waals surface area contributed by atoms with Gasteiger partial charge in [0.2, 0.25) is 0 Å². The van der Waals surface area contributed by atoms with E-state index >= 15 is 0 Å². The summed E-state index contributed by atoms with van der Waals surface area (Å²) in [6.07, 6.45) is 2.24. The highest BCUT2D eigenvalue weighted by Gasteiger charge is 2.18. The molecule has 0 aliphatic heterocycles. The van der Waals surface area contributed by atoms with Crippen molar-refractivity contribution in [2.45, 2.75) is 36.8 Å². The highest BCUT2D eigenvalue weighted by Crippen LogP contribution is 2.34. The number of rotatable bonds is 5. The fourth-order valence-electron chi connectivity index (χ4n) is 1.55.